The lowest BCUT2D eigenvalue weighted by atomic mass is 10.2. The molecule has 7 nitrogen and oxygen atoms in total. The van der Waals surface area contributed by atoms with E-state index in [9.17, 15) is 14.4 Å². The van der Waals surface area contributed by atoms with Crippen LogP contribution in [0.15, 0.2) is 30.3 Å². The topological polar surface area (TPSA) is 93.1 Å². The number of imide groups is 1. The number of nitrogens with zero attached hydrogens (tertiary/aromatic N) is 1. The molecule has 19 heavy (non-hydrogen) atoms. The first-order valence-electron chi connectivity index (χ1n) is 5.51. The van der Waals surface area contributed by atoms with E-state index in [1.165, 1.54) is 0 Å². The molecule has 0 saturated carbocycles. The zero-order valence-electron chi connectivity index (χ0n) is 9.81. The molecule has 0 spiro atoms. The molecule has 1 heterocycles. The number of carbonyl (C=O) groups is 3. The van der Waals surface area contributed by atoms with Gasteiger partial charge in [0.1, 0.15) is 6.61 Å². The summed E-state index contributed by atoms with van der Waals surface area (Å²) in [4.78, 5) is 38.6. The van der Waals surface area contributed by atoms with Gasteiger partial charge in [0.05, 0.1) is 6.42 Å². The smallest absolute Gasteiger partial charge is 0.450 e. The van der Waals surface area contributed by atoms with Crippen molar-refractivity contribution in [2.45, 2.75) is 19.1 Å². The van der Waals surface area contributed by atoms with E-state index in [-0.39, 0.29) is 13.0 Å². The molecule has 1 aromatic carbocycles. The van der Waals surface area contributed by atoms with Crippen molar-refractivity contribution in [3.05, 3.63) is 35.9 Å². The van der Waals surface area contributed by atoms with Crippen molar-refractivity contribution in [1.29, 1.82) is 0 Å². The second-order valence-corrected chi connectivity index (χ2v) is 3.86. The molecule has 2 rings (SSSR count). The Balaban J connectivity index is 1.95. The zero-order chi connectivity index (χ0) is 13.8. The third-order valence-electron chi connectivity index (χ3n) is 2.51. The second kappa shape index (κ2) is 5.49. The maximum Gasteiger partial charge on any atom is 0.506 e. The molecule has 7 heteroatoms. The molecule has 1 aliphatic rings. The molecule has 1 aliphatic heterocycles. The zero-order valence-corrected chi connectivity index (χ0v) is 9.81. The van der Waals surface area contributed by atoms with Crippen LogP contribution in [0.3, 0.4) is 0 Å². The molecule has 0 aromatic heterocycles. The van der Waals surface area contributed by atoms with Crippen molar-refractivity contribution < 1.29 is 29.1 Å². The number of carboxylic acid groups (broad SMARTS) is 1. The third-order valence-corrected chi connectivity index (χ3v) is 2.51. The van der Waals surface area contributed by atoms with Gasteiger partial charge in [-0.05, 0) is 5.56 Å². The van der Waals surface area contributed by atoms with Crippen molar-refractivity contribution in [2.75, 3.05) is 0 Å². The van der Waals surface area contributed by atoms with Crippen molar-refractivity contribution in [3.8, 4) is 0 Å². The Bertz CT molecular complexity index is 500. The molecule has 1 N–H and O–H groups in total. The summed E-state index contributed by atoms with van der Waals surface area (Å²) in [6, 6.07) is 8.96. The van der Waals surface area contributed by atoms with E-state index in [0.717, 1.165) is 5.56 Å². The maximum absolute atomic E-state index is 11.7. The van der Waals surface area contributed by atoms with E-state index in [4.69, 9.17) is 9.94 Å². The van der Waals surface area contributed by atoms with Crippen molar-refractivity contribution in [1.82, 2.24) is 5.06 Å². The van der Waals surface area contributed by atoms with Gasteiger partial charge >= 0.3 is 6.16 Å². The van der Waals surface area contributed by atoms with Crippen LogP contribution in [0.2, 0.25) is 0 Å². The Morgan fingerprint density at radius 2 is 2.00 bits per heavy atom. The fraction of sp³-hybridized carbons (Fsp3) is 0.250. The summed E-state index contributed by atoms with van der Waals surface area (Å²) in [5.74, 6) is -1.42. The number of rotatable bonds is 4. The van der Waals surface area contributed by atoms with Gasteiger partial charge in [0.25, 0.3) is 11.8 Å². The maximum atomic E-state index is 11.7. The number of hydrogen-bond acceptors (Lipinski definition) is 5. The van der Waals surface area contributed by atoms with Gasteiger partial charge in [-0.2, -0.15) is 0 Å². The number of amides is 2. The summed E-state index contributed by atoms with van der Waals surface area (Å²) in [5.41, 5.74) is 0.783. The van der Waals surface area contributed by atoms with Crippen LogP contribution < -0.4 is 0 Å². The summed E-state index contributed by atoms with van der Waals surface area (Å²) >= 11 is 0. The van der Waals surface area contributed by atoms with E-state index < -0.39 is 24.1 Å². The minimum Gasteiger partial charge on any atom is -0.450 e. The Morgan fingerprint density at radius 3 is 2.63 bits per heavy atom. The highest BCUT2D eigenvalue weighted by atomic mass is 16.7. The molecule has 1 saturated heterocycles. The highest BCUT2D eigenvalue weighted by molar-refractivity contribution is 6.04. The van der Waals surface area contributed by atoms with Crippen LogP contribution in [0, 0.1) is 0 Å². The predicted octanol–water partition coefficient (Wildman–Crippen LogP) is 0.940. The van der Waals surface area contributed by atoms with E-state index >= 15 is 0 Å². The number of hydrogen-bond donors (Lipinski definition) is 1. The van der Waals surface area contributed by atoms with Crippen LogP contribution in [-0.4, -0.2) is 34.2 Å². The highest BCUT2D eigenvalue weighted by Crippen LogP contribution is 2.18. The molecule has 0 radical (unpaired) electrons. The van der Waals surface area contributed by atoms with E-state index in [1.54, 1.807) is 24.3 Å². The molecule has 1 fully saturated rings. The number of carbonyl (C=O) groups excluding carboxylic acids is 2. The van der Waals surface area contributed by atoms with Crippen LogP contribution in [0.4, 0.5) is 4.79 Å². The lowest BCUT2D eigenvalue weighted by Gasteiger charge is -2.13. The molecule has 0 aliphatic carbocycles. The Morgan fingerprint density at radius 1 is 1.32 bits per heavy atom. The lowest BCUT2D eigenvalue weighted by molar-refractivity contribution is -0.193. The Hall–Kier alpha value is -2.41. The van der Waals surface area contributed by atoms with Crippen LogP contribution in [0.25, 0.3) is 0 Å². The Labute approximate surface area is 108 Å². The van der Waals surface area contributed by atoms with Gasteiger partial charge in [0.15, 0.2) is 6.10 Å². The van der Waals surface area contributed by atoms with Gasteiger partial charge in [0, 0.05) is 0 Å². The van der Waals surface area contributed by atoms with E-state index in [1.807, 2.05) is 6.07 Å². The molecule has 1 unspecified atom stereocenters. The van der Waals surface area contributed by atoms with Gasteiger partial charge in [-0.3, -0.25) is 14.4 Å². The SMILES string of the molecule is O=C(O)OC1CC(=O)N(OCc2ccccc2)C1=O. The lowest BCUT2D eigenvalue weighted by Crippen LogP contribution is -2.33. The molecule has 1 aromatic rings. The summed E-state index contributed by atoms with van der Waals surface area (Å²) in [6.45, 7) is 0.0398. The van der Waals surface area contributed by atoms with Gasteiger partial charge in [-0.1, -0.05) is 30.3 Å². The molecule has 2 amide bonds. The average Bonchev–Trinajstić information content (AvgIpc) is 2.63. The summed E-state index contributed by atoms with van der Waals surface area (Å²) in [7, 11) is 0. The van der Waals surface area contributed by atoms with Gasteiger partial charge in [-0.25, -0.2) is 4.79 Å². The predicted molar refractivity (Wildman–Crippen MR) is 60.6 cm³/mol. The van der Waals surface area contributed by atoms with Gasteiger partial charge in [0.2, 0.25) is 0 Å². The van der Waals surface area contributed by atoms with E-state index in [2.05, 4.69) is 4.74 Å². The van der Waals surface area contributed by atoms with Gasteiger partial charge < -0.3 is 9.84 Å². The second-order valence-electron chi connectivity index (χ2n) is 3.86. The molecular formula is C12H11NO6. The number of hydroxylamine groups is 2. The normalized spacial score (nSPS) is 18.7. The minimum atomic E-state index is -1.60. The van der Waals surface area contributed by atoms with Crippen LogP contribution in [0.1, 0.15) is 12.0 Å². The average molecular weight is 265 g/mol. The monoisotopic (exact) mass is 265 g/mol. The Kier molecular flexibility index (Phi) is 3.76. The first kappa shape index (κ1) is 13.0. The third kappa shape index (κ3) is 3.08. The molecule has 100 valence electrons. The fourth-order valence-electron chi connectivity index (χ4n) is 1.65. The molecule has 1 atom stereocenters. The summed E-state index contributed by atoms with van der Waals surface area (Å²) < 4.78 is 4.30. The van der Waals surface area contributed by atoms with Crippen LogP contribution >= 0.6 is 0 Å². The van der Waals surface area contributed by atoms with Crippen molar-refractivity contribution in [2.24, 2.45) is 0 Å². The van der Waals surface area contributed by atoms with Gasteiger partial charge in [-0.15, -0.1) is 5.06 Å². The standard InChI is InChI=1S/C12H11NO6/c14-10-6-9(19-12(16)17)11(15)13(10)18-7-8-4-2-1-3-5-8/h1-5,9H,6-7H2,(H,16,17). The summed E-state index contributed by atoms with van der Waals surface area (Å²) in [6.07, 6.45) is -3.25. The number of benzene rings is 1. The first-order chi connectivity index (χ1) is 9.08. The molecule has 0 bridgehead atoms. The minimum absolute atomic E-state index is 0.0398. The first-order valence-corrected chi connectivity index (χ1v) is 5.51. The highest BCUT2D eigenvalue weighted by Gasteiger charge is 2.42. The summed E-state index contributed by atoms with van der Waals surface area (Å²) in [5, 5.41) is 8.98. The van der Waals surface area contributed by atoms with Crippen LogP contribution in [0.5, 0.6) is 0 Å². The molecular weight excluding hydrogens is 254 g/mol. The quantitative estimate of drug-likeness (QED) is 0.643. The van der Waals surface area contributed by atoms with Crippen LogP contribution in [-0.2, 0) is 25.8 Å². The fourth-order valence-corrected chi connectivity index (χ4v) is 1.65. The number of ether oxygens (including phenoxy) is 1. The van der Waals surface area contributed by atoms with Crippen molar-refractivity contribution >= 4 is 18.0 Å². The van der Waals surface area contributed by atoms with Crippen molar-refractivity contribution in [3.63, 3.8) is 0 Å². The largest absolute Gasteiger partial charge is 0.506 e. The van der Waals surface area contributed by atoms with E-state index in [0.29, 0.717) is 5.06 Å².